The smallest absolute Gasteiger partial charge is 0.273 e. The molecular weight excluding hydrogens is 370 g/mol. The lowest BCUT2D eigenvalue weighted by atomic mass is 10.1. The van der Waals surface area contributed by atoms with Crippen LogP contribution < -0.4 is 10.9 Å². The Bertz CT molecular complexity index is 1140. The highest BCUT2D eigenvalue weighted by atomic mass is 16.6. The Morgan fingerprint density at radius 3 is 2.52 bits per heavy atom. The molecule has 0 saturated carbocycles. The van der Waals surface area contributed by atoms with Crippen LogP contribution >= 0.6 is 0 Å². The third kappa shape index (κ3) is 4.42. The van der Waals surface area contributed by atoms with Crippen molar-refractivity contribution < 1.29 is 4.92 Å². The van der Waals surface area contributed by atoms with Crippen molar-refractivity contribution in [3.8, 4) is 11.8 Å². The van der Waals surface area contributed by atoms with Gasteiger partial charge in [0.15, 0.2) is 0 Å². The first-order valence-corrected chi connectivity index (χ1v) is 9.14. The molecule has 0 bridgehead atoms. The van der Waals surface area contributed by atoms with Crippen molar-refractivity contribution in [1.82, 2.24) is 9.47 Å². The van der Waals surface area contributed by atoms with Crippen LogP contribution in [0.15, 0.2) is 53.3 Å². The summed E-state index contributed by atoms with van der Waals surface area (Å²) in [5.74, 6) is 0. The molecule has 0 saturated heterocycles. The number of hydrogen-bond donors (Lipinski definition) is 1. The molecule has 148 valence electrons. The second-order valence-electron chi connectivity index (χ2n) is 6.94. The van der Waals surface area contributed by atoms with E-state index in [0.29, 0.717) is 11.2 Å². The summed E-state index contributed by atoms with van der Waals surface area (Å²) in [4.78, 5) is 25.4. The first-order valence-electron chi connectivity index (χ1n) is 9.14. The van der Waals surface area contributed by atoms with E-state index in [0.717, 1.165) is 30.6 Å². The number of nitro benzene ring substituents is 1. The van der Waals surface area contributed by atoms with Gasteiger partial charge in [0.1, 0.15) is 11.6 Å². The summed E-state index contributed by atoms with van der Waals surface area (Å²) in [5.41, 5.74) is 1.44. The van der Waals surface area contributed by atoms with E-state index in [4.69, 9.17) is 0 Å². The van der Waals surface area contributed by atoms with E-state index in [2.05, 4.69) is 10.2 Å². The maximum Gasteiger partial charge on any atom is 0.273 e. The zero-order chi connectivity index (χ0) is 21.0. The predicted octanol–water partition coefficient (Wildman–Crippen LogP) is 3.13. The van der Waals surface area contributed by atoms with Gasteiger partial charge in [0, 0.05) is 35.4 Å². The fourth-order valence-corrected chi connectivity index (χ4v) is 3.10. The normalized spacial score (nSPS) is 10.8. The molecule has 3 rings (SSSR count). The van der Waals surface area contributed by atoms with Crippen molar-refractivity contribution in [3.63, 3.8) is 0 Å². The third-order valence-corrected chi connectivity index (χ3v) is 4.56. The first-order chi connectivity index (χ1) is 13.9. The van der Waals surface area contributed by atoms with Gasteiger partial charge in [0.25, 0.3) is 11.2 Å². The van der Waals surface area contributed by atoms with Gasteiger partial charge >= 0.3 is 0 Å². The number of nitriles is 1. The molecule has 1 N–H and O–H groups in total. The van der Waals surface area contributed by atoms with Crippen molar-refractivity contribution in [2.45, 2.75) is 6.42 Å². The summed E-state index contributed by atoms with van der Waals surface area (Å²) >= 11 is 0. The van der Waals surface area contributed by atoms with Crippen LogP contribution in [0.3, 0.4) is 0 Å². The standard InChI is InChI=1S/C21H21N5O3/c1-24(2)11-3-10-23-17-5-4-15-12-16(14-22)21(27)25(20(15)13-17)18-6-8-19(9-7-18)26(28)29/h4-9,12-13,23H,3,10-11H2,1-2H3. The van der Waals surface area contributed by atoms with E-state index in [1.807, 2.05) is 38.4 Å². The number of anilines is 1. The number of benzene rings is 2. The lowest BCUT2D eigenvalue weighted by Crippen LogP contribution is -2.21. The fourth-order valence-electron chi connectivity index (χ4n) is 3.10. The molecule has 3 aromatic rings. The van der Waals surface area contributed by atoms with Crippen LogP contribution in [-0.2, 0) is 0 Å². The zero-order valence-electron chi connectivity index (χ0n) is 16.3. The number of hydrogen-bond acceptors (Lipinski definition) is 6. The number of nitrogens with one attached hydrogen (secondary N) is 1. The topological polar surface area (TPSA) is 104 Å². The molecule has 29 heavy (non-hydrogen) atoms. The van der Waals surface area contributed by atoms with E-state index < -0.39 is 10.5 Å². The van der Waals surface area contributed by atoms with Crippen molar-refractivity contribution >= 4 is 22.3 Å². The summed E-state index contributed by atoms with van der Waals surface area (Å²) in [7, 11) is 4.04. The van der Waals surface area contributed by atoms with Crippen molar-refractivity contribution in [2.75, 3.05) is 32.5 Å². The molecular formula is C21H21N5O3. The van der Waals surface area contributed by atoms with Gasteiger partial charge in [-0.2, -0.15) is 5.26 Å². The second-order valence-corrected chi connectivity index (χ2v) is 6.94. The van der Waals surface area contributed by atoms with Gasteiger partial charge in [0.2, 0.25) is 0 Å². The van der Waals surface area contributed by atoms with Crippen LogP contribution in [0.25, 0.3) is 16.6 Å². The molecule has 0 radical (unpaired) electrons. The van der Waals surface area contributed by atoms with Gasteiger partial charge in [-0.15, -0.1) is 0 Å². The lowest BCUT2D eigenvalue weighted by molar-refractivity contribution is -0.384. The van der Waals surface area contributed by atoms with Gasteiger partial charge in [0.05, 0.1) is 10.4 Å². The van der Waals surface area contributed by atoms with Crippen LogP contribution in [0.2, 0.25) is 0 Å². The van der Waals surface area contributed by atoms with Crippen LogP contribution in [0.5, 0.6) is 0 Å². The average Bonchev–Trinajstić information content (AvgIpc) is 2.70. The van der Waals surface area contributed by atoms with Crippen molar-refractivity contribution in [2.24, 2.45) is 0 Å². The number of nitrogens with zero attached hydrogens (tertiary/aromatic N) is 4. The Hall–Kier alpha value is -3.70. The minimum Gasteiger partial charge on any atom is -0.385 e. The molecule has 8 nitrogen and oxygen atoms in total. The van der Waals surface area contributed by atoms with Crippen LogP contribution in [0, 0.1) is 21.4 Å². The van der Waals surface area contributed by atoms with Gasteiger partial charge in [-0.1, -0.05) is 6.07 Å². The molecule has 1 heterocycles. The molecule has 0 atom stereocenters. The minimum atomic E-state index is -0.494. The lowest BCUT2D eigenvalue weighted by Gasteiger charge is -2.14. The molecule has 0 spiro atoms. The number of non-ortho nitro benzene ring substituents is 1. The monoisotopic (exact) mass is 391 g/mol. The maximum absolute atomic E-state index is 12.9. The number of rotatable bonds is 7. The number of aromatic nitrogens is 1. The number of pyridine rings is 1. The summed E-state index contributed by atoms with van der Waals surface area (Å²) in [6.07, 6.45) is 0.966. The molecule has 1 aromatic heterocycles. The van der Waals surface area contributed by atoms with Crippen LogP contribution in [0.4, 0.5) is 11.4 Å². The van der Waals surface area contributed by atoms with E-state index in [1.54, 1.807) is 6.07 Å². The molecule has 0 amide bonds. The summed E-state index contributed by atoms with van der Waals surface area (Å²) in [5, 5.41) is 24.3. The Morgan fingerprint density at radius 2 is 1.90 bits per heavy atom. The SMILES string of the molecule is CN(C)CCCNc1ccc2cc(C#N)c(=O)n(-c3ccc([N+](=O)[O-])cc3)c2c1. The van der Waals surface area contributed by atoms with E-state index >= 15 is 0 Å². The third-order valence-electron chi connectivity index (χ3n) is 4.56. The van der Waals surface area contributed by atoms with Gasteiger partial charge in [-0.25, -0.2) is 0 Å². The molecule has 0 aliphatic rings. The highest BCUT2D eigenvalue weighted by Crippen LogP contribution is 2.23. The Balaban J connectivity index is 2.06. The summed E-state index contributed by atoms with van der Waals surface area (Å²) in [6.45, 7) is 1.74. The minimum absolute atomic E-state index is 0.0162. The average molecular weight is 391 g/mol. The molecule has 2 aromatic carbocycles. The van der Waals surface area contributed by atoms with Crippen LogP contribution in [-0.4, -0.2) is 41.6 Å². The molecule has 0 fully saturated rings. The van der Waals surface area contributed by atoms with Crippen molar-refractivity contribution in [1.29, 1.82) is 5.26 Å². The van der Waals surface area contributed by atoms with Gasteiger partial charge in [-0.05, 0) is 57.4 Å². The highest BCUT2D eigenvalue weighted by Gasteiger charge is 2.13. The maximum atomic E-state index is 12.9. The molecule has 8 heteroatoms. The molecule has 0 aliphatic heterocycles. The number of nitro groups is 1. The Kier molecular flexibility index (Phi) is 5.90. The summed E-state index contributed by atoms with van der Waals surface area (Å²) < 4.78 is 1.42. The Labute approximate surface area is 167 Å². The van der Waals surface area contributed by atoms with E-state index in [1.165, 1.54) is 28.8 Å². The summed E-state index contributed by atoms with van der Waals surface area (Å²) in [6, 6.07) is 14.8. The molecule has 0 unspecified atom stereocenters. The van der Waals surface area contributed by atoms with Gasteiger partial charge in [-0.3, -0.25) is 19.5 Å². The van der Waals surface area contributed by atoms with Crippen molar-refractivity contribution in [3.05, 3.63) is 74.6 Å². The first kappa shape index (κ1) is 20.0. The Morgan fingerprint density at radius 1 is 1.17 bits per heavy atom. The van der Waals surface area contributed by atoms with Crippen LogP contribution in [0.1, 0.15) is 12.0 Å². The highest BCUT2D eigenvalue weighted by molar-refractivity contribution is 5.85. The second kappa shape index (κ2) is 8.54. The van der Waals surface area contributed by atoms with Gasteiger partial charge < -0.3 is 10.2 Å². The van der Waals surface area contributed by atoms with E-state index in [9.17, 15) is 20.2 Å². The zero-order valence-corrected chi connectivity index (χ0v) is 16.3. The number of fused-ring (bicyclic) bond motifs is 1. The molecule has 0 aliphatic carbocycles. The van der Waals surface area contributed by atoms with E-state index in [-0.39, 0.29) is 11.3 Å². The predicted molar refractivity (Wildman–Crippen MR) is 113 cm³/mol. The quantitative estimate of drug-likeness (QED) is 0.377. The largest absolute Gasteiger partial charge is 0.385 e. The fraction of sp³-hybridized carbons (Fsp3) is 0.238.